The number of nitrogen functional groups attached to an aromatic ring is 1. The topological polar surface area (TPSA) is 81.2 Å². The number of rotatable bonds is 3. The van der Waals surface area contributed by atoms with Crippen LogP contribution in [0.3, 0.4) is 0 Å². The van der Waals surface area contributed by atoms with Crippen LogP contribution < -0.4 is 11.1 Å². The molecule has 0 aliphatic heterocycles. The molecule has 1 amide bonds. The lowest BCUT2D eigenvalue weighted by atomic mass is 10.1. The third-order valence-electron chi connectivity index (χ3n) is 3.04. The first-order valence-electron chi connectivity index (χ1n) is 6.05. The molecule has 1 aromatic heterocycles. The Kier molecular flexibility index (Phi) is 3.55. The van der Waals surface area contributed by atoms with Crippen LogP contribution in [-0.4, -0.2) is 10.9 Å². The summed E-state index contributed by atoms with van der Waals surface area (Å²) in [5.74, 6) is 0.488. The van der Waals surface area contributed by atoms with E-state index in [9.17, 15) is 4.79 Å². The normalized spacial score (nSPS) is 10.5. The molecule has 0 saturated carbocycles. The van der Waals surface area contributed by atoms with Crippen LogP contribution in [0.5, 0.6) is 0 Å². The molecular formula is C14H17N3O2. The van der Waals surface area contributed by atoms with Crippen LogP contribution in [-0.2, 0) is 6.54 Å². The molecule has 0 fully saturated rings. The summed E-state index contributed by atoms with van der Waals surface area (Å²) in [5.41, 5.74) is 9.11. The Morgan fingerprint density at radius 3 is 2.74 bits per heavy atom. The zero-order chi connectivity index (χ0) is 14.0. The van der Waals surface area contributed by atoms with Gasteiger partial charge in [-0.15, -0.1) is 0 Å². The van der Waals surface area contributed by atoms with Crippen molar-refractivity contribution in [3.05, 3.63) is 46.7 Å². The minimum absolute atomic E-state index is 0.263. The fraction of sp³-hybridized carbons (Fsp3) is 0.286. The van der Waals surface area contributed by atoms with Gasteiger partial charge >= 0.3 is 0 Å². The number of oxazole rings is 1. The largest absolute Gasteiger partial charge is 0.436 e. The third kappa shape index (κ3) is 2.76. The van der Waals surface area contributed by atoms with Crippen LogP contribution in [0, 0.1) is 20.8 Å². The molecule has 3 N–H and O–H groups in total. The number of nitrogens with two attached hydrogens (primary N) is 1. The lowest BCUT2D eigenvalue weighted by molar-refractivity contribution is 0.0921. The molecule has 0 aliphatic rings. The molecule has 0 atom stereocenters. The van der Waals surface area contributed by atoms with Crippen molar-refractivity contribution in [1.29, 1.82) is 0 Å². The van der Waals surface area contributed by atoms with E-state index < -0.39 is 0 Å². The highest BCUT2D eigenvalue weighted by molar-refractivity contribution is 5.92. The molecule has 0 unspecified atom stereocenters. The highest BCUT2D eigenvalue weighted by atomic mass is 16.4. The second-order valence-electron chi connectivity index (χ2n) is 4.46. The van der Waals surface area contributed by atoms with Crippen molar-refractivity contribution in [3.63, 3.8) is 0 Å². The summed E-state index contributed by atoms with van der Waals surface area (Å²) < 4.78 is 5.27. The molecule has 100 valence electrons. The molecule has 19 heavy (non-hydrogen) atoms. The summed E-state index contributed by atoms with van der Waals surface area (Å²) in [6.45, 7) is 5.80. The van der Waals surface area contributed by atoms with Crippen LogP contribution in [0.4, 0.5) is 5.69 Å². The zero-order valence-electron chi connectivity index (χ0n) is 11.3. The molecule has 0 spiro atoms. The molecule has 2 rings (SSSR count). The summed E-state index contributed by atoms with van der Waals surface area (Å²) in [7, 11) is 0. The van der Waals surface area contributed by atoms with Gasteiger partial charge in [0.15, 0.2) is 5.89 Å². The van der Waals surface area contributed by atoms with Crippen LogP contribution in [0.2, 0.25) is 0 Å². The van der Waals surface area contributed by atoms with Gasteiger partial charge in [0, 0.05) is 19.2 Å². The molecule has 2 aromatic rings. The number of carbonyl (C=O) groups excluding carboxylic acids is 1. The number of benzene rings is 1. The second kappa shape index (κ2) is 5.14. The number of aromatic nitrogens is 1. The lowest BCUT2D eigenvalue weighted by Crippen LogP contribution is -2.23. The lowest BCUT2D eigenvalue weighted by Gasteiger charge is -2.09. The van der Waals surface area contributed by atoms with Crippen LogP contribution in [0.1, 0.15) is 33.3 Å². The van der Waals surface area contributed by atoms with Gasteiger partial charge in [0.2, 0.25) is 5.76 Å². The number of carbonyl (C=O) groups is 1. The zero-order valence-corrected chi connectivity index (χ0v) is 11.3. The number of hydrogen-bond acceptors (Lipinski definition) is 4. The van der Waals surface area contributed by atoms with Gasteiger partial charge in [-0.1, -0.05) is 12.1 Å². The van der Waals surface area contributed by atoms with Crippen molar-refractivity contribution < 1.29 is 9.21 Å². The number of hydrogen-bond donors (Lipinski definition) is 2. The molecule has 5 heteroatoms. The summed E-state index contributed by atoms with van der Waals surface area (Å²) in [5, 5.41) is 2.81. The summed E-state index contributed by atoms with van der Waals surface area (Å²) in [4.78, 5) is 16.0. The highest BCUT2D eigenvalue weighted by Crippen LogP contribution is 2.15. The Labute approximate surface area is 111 Å². The van der Waals surface area contributed by atoms with Crippen molar-refractivity contribution in [3.8, 4) is 0 Å². The Hall–Kier alpha value is -2.30. The maximum Gasteiger partial charge on any atom is 0.289 e. The Bertz CT molecular complexity index is 617. The van der Waals surface area contributed by atoms with E-state index in [1.807, 2.05) is 25.1 Å². The first kappa shape index (κ1) is 13.1. The van der Waals surface area contributed by atoms with Crippen molar-refractivity contribution in [2.45, 2.75) is 27.3 Å². The molecule has 0 bridgehead atoms. The standard InChI is InChI=1S/C14H17N3O2/c1-8-11(5-4-6-12(8)15)7-16-14(18)13-9(2)17-10(3)19-13/h4-6H,7,15H2,1-3H3,(H,16,18). The fourth-order valence-corrected chi connectivity index (χ4v) is 1.89. The van der Waals surface area contributed by atoms with E-state index in [0.717, 1.165) is 16.8 Å². The van der Waals surface area contributed by atoms with Crippen LogP contribution in [0.25, 0.3) is 0 Å². The molecule has 0 aliphatic carbocycles. The average Bonchev–Trinajstić information content (AvgIpc) is 2.70. The SMILES string of the molecule is Cc1nc(C)c(C(=O)NCc2cccc(N)c2C)o1. The van der Waals surface area contributed by atoms with Gasteiger partial charge in [0.1, 0.15) is 0 Å². The summed E-state index contributed by atoms with van der Waals surface area (Å²) in [6, 6.07) is 5.64. The second-order valence-corrected chi connectivity index (χ2v) is 4.46. The smallest absolute Gasteiger partial charge is 0.289 e. The predicted octanol–water partition coefficient (Wildman–Crippen LogP) is 2.11. The van der Waals surface area contributed by atoms with Gasteiger partial charge in [0.05, 0.1) is 5.69 Å². The number of amides is 1. The highest BCUT2D eigenvalue weighted by Gasteiger charge is 2.15. The minimum Gasteiger partial charge on any atom is -0.436 e. The van der Waals surface area contributed by atoms with Crippen molar-refractivity contribution in [2.24, 2.45) is 0 Å². The van der Waals surface area contributed by atoms with Gasteiger partial charge < -0.3 is 15.5 Å². The van der Waals surface area contributed by atoms with Crippen molar-refractivity contribution in [2.75, 3.05) is 5.73 Å². The first-order valence-corrected chi connectivity index (χ1v) is 6.05. The van der Waals surface area contributed by atoms with Gasteiger partial charge in [0.25, 0.3) is 5.91 Å². The molecule has 1 heterocycles. The van der Waals surface area contributed by atoms with Gasteiger partial charge in [-0.25, -0.2) is 4.98 Å². The van der Waals surface area contributed by atoms with Crippen LogP contribution >= 0.6 is 0 Å². The molecule has 0 saturated heterocycles. The summed E-state index contributed by atoms with van der Waals surface area (Å²) in [6.07, 6.45) is 0. The van der Waals surface area contributed by atoms with Gasteiger partial charge in [-0.2, -0.15) is 0 Å². The van der Waals surface area contributed by atoms with Gasteiger partial charge in [-0.3, -0.25) is 4.79 Å². The van der Waals surface area contributed by atoms with Crippen molar-refractivity contribution in [1.82, 2.24) is 10.3 Å². The Morgan fingerprint density at radius 1 is 1.37 bits per heavy atom. The maximum atomic E-state index is 12.0. The van der Waals surface area contributed by atoms with E-state index in [4.69, 9.17) is 10.2 Å². The Morgan fingerprint density at radius 2 is 2.11 bits per heavy atom. The predicted molar refractivity (Wildman–Crippen MR) is 72.7 cm³/mol. The van der Waals surface area contributed by atoms with Gasteiger partial charge in [-0.05, 0) is 31.0 Å². The third-order valence-corrected chi connectivity index (χ3v) is 3.04. The van der Waals surface area contributed by atoms with E-state index in [0.29, 0.717) is 18.1 Å². The monoisotopic (exact) mass is 259 g/mol. The molecule has 0 radical (unpaired) electrons. The minimum atomic E-state index is -0.264. The van der Waals surface area contributed by atoms with E-state index in [1.54, 1.807) is 13.8 Å². The first-order chi connectivity index (χ1) is 8.99. The van der Waals surface area contributed by atoms with Crippen LogP contribution in [0.15, 0.2) is 22.6 Å². The van der Waals surface area contributed by atoms with E-state index in [1.165, 1.54) is 0 Å². The maximum absolute atomic E-state index is 12.0. The van der Waals surface area contributed by atoms with E-state index in [2.05, 4.69) is 10.3 Å². The molecule has 5 nitrogen and oxygen atoms in total. The quantitative estimate of drug-likeness (QED) is 0.827. The molecular weight excluding hydrogens is 242 g/mol. The van der Waals surface area contributed by atoms with Crippen molar-refractivity contribution >= 4 is 11.6 Å². The number of anilines is 1. The molecule has 1 aromatic carbocycles. The van der Waals surface area contributed by atoms with E-state index >= 15 is 0 Å². The number of nitrogens with zero attached hydrogens (tertiary/aromatic N) is 1. The average molecular weight is 259 g/mol. The fourth-order valence-electron chi connectivity index (χ4n) is 1.89. The summed E-state index contributed by atoms with van der Waals surface area (Å²) >= 11 is 0. The van der Waals surface area contributed by atoms with E-state index in [-0.39, 0.29) is 11.7 Å². The number of aryl methyl sites for hydroxylation is 2. The Balaban J connectivity index is 2.09. The number of nitrogens with one attached hydrogen (secondary N) is 1.